The largest absolute Gasteiger partial charge is 0.243 e. The lowest BCUT2D eigenvalue weighted by Crippen LogP contribution is -2.32. The van der Waals surface area contributed by atoms with E-state index in [0.717, 1.165) is 16.7 Å². The Morgan fingerprint density at radius 2 is 1.71 bits per heavy atom. The lowest BCUT2D eigenvalue weighted by atomic mass is 9.92. The van der Waals surface area contributed by atoms with Crippen LogP contribution in [-0.4, -0.2) is 19.3 Å². The molecule has 3 rings (SSSR count). The topological polar surface area (TPSA) is 37.4 Å². The Balaban J connectivity index is 2.09. The van der Waals surface area contributed by atoms with Crippen molar-refractivity contribution in [2.45, 2.75) is 17.9 Å². The number of hydrogen-bond acceptors (Lipinski definition) is 2. The van der Waals surface area contributed by atoms with Gasteiger partial charge in [-0.25, -0.2) is 8.42 Å². The fraction of sp³-hybridized carbons (Fsp3) is 0.200. The number of nitrogens with zero attached hydrogens (tertiary/aromatic N) is 1. The summed E-state index contributed by atoms with van der Waals surface area (Å²) in [5.74, 6) is -0.0902. The summed E-state index contributed by atoms with van der Waals surface area (Å²) in [5, 5.41) is 0. The monoisotopic (exact) mass is 339 g/mol. The molecule has 0 radical (unpaired) electrons. The minimum Gasteiger partial charge on any atom is -0.207 e. The van der Waals surface area contributed by atoms with Crippen LogP contribution in [0.15, 0.2) is 84.3 Å². The van der Waals surface area contributed by atoms with Gasteiger partial charge < -0.3 is 0 Å². The fourth-order valence-electron chi connectivity index (χ4n) is 3.21. The normalized spacial score (nSPS) is 21.8. The van der Waals surface area contributed by atoms with E-state index in [1.165, 1.54) is 0 Å². The van der Waals surface area contributed by atoms with Crippen LogP contribution >= 0.6 is 0 Å². The molecule has 2 unspecified atom stereocenters. The highest BCUT2D eigenvalue weighted by molar-refractivity contribution is 7.89. The molecule has 0 saturated carbocycles. The predicted octanol–water partition coefficient (Wildman–Crippen LogP) is 4.10. The van der Waals surface area contributed by atoms with Gasteiger partial charge in [-0.3, -0.25) is 0 Å². The van der Waals surface area contributed by atoms with E-state index >= 15 is 0 Å². The minimum absolute atomic E-state index is 0.0902. The summed E-state index contributed by atoms with van der Waals surface area (Å²) in [7, 11) is -3.60. The van der Waals surface area contributed by atoms with E-state index in [0.29, 0.717) is 11.4 Å². The van der Waals surface area contributed by atoms with Gasteiger partial charge in [-0.05, 0) is 24.6 Å². The molecule has 0 spiro atoms. The Morgan fingerprint density at radius 1 is 1.08 bits per heavy atom. The molecule has 0 aliphatic carbocycles. The van der Waals surface area contributed by atoms with Gasteiger partial charge in [0.15, 0.2) is 0 Å². The van der Waals surface area contributed by atoms with Crippen molar-refractivity contribution in [3.05, 3.63) is 90.5 Å². The molecule has 2 aromatic carbocycles. The van der Waals surface area contributed by atoms with Gasteiger partial charge in [0.05, 0.1) is 10.9 Å². The standard InChI is InChI=1S/C20H21NO2S/c1-4-19-16(3)14-21(20(19)17-8-6-5-7-9-17)24(22,23)18-12-10-15(2)11-13-18/h4-13,19-20H,1,3,14H2,2H3. The van der Waals surface area contributed by atoms with Crippen LogP contribution in [0.2, 0.25) is 0 Å². The smallest absolute Gasteiger partial charge is 0.207 e. The fourth-order valence-corrected chi connectivity index (χ4v) is 4.84. The zero-order valence-electron chi connectivity index (χ0n) is 13.7. The average molecular weight is 339 g/mol. The Kier molecular flexibility index (Phi) is 4.43. The van der Waals surface area contributed by atoms with Crippen molar-refractivity contribution in [2.75, 3.05) is 6.54 Å². The van der Waals surface area contributed by atoms with Gasteiger partial charge in [-0.2, -0.15) is 4.31 Å². The van der Waals surface area contributed by atoms with E-state index in [1.807, 2.05) is 49.4 Å². The van der Waals surface area contributed by atoms with Crippen LogP contribution in [0.3, 0.4) is 0 Å². The SMILES string of the molecule is C=CC1C(=C)CN(S(=O)(=O)c2ccc(C)cc2)C1c1ccccc1. The van der Waals surface area contributed by atoms with Crippen molar-refractivity contribution in [1.29, 1.82) is 0 Å². The first-order valence-electron chi connectivity index (χ1n) is 7.89. The zero-order chi connectivity index (χ0) is 17.3. The molecular formula is C20H21NO2S. The molecule has 2 atom stereocenters. The third-order valence-electron chi connectivity index (χ3n) is 4.50. The summed E-state index contributed by atoms with van der Waals surface area (Å²) < 4.78 is 27.9. The first-order valence-corrected chi connectivity index (χ1v) is 9.33. The molecule has 1 aliphatic rings. The van der Waals surface area contributed by atoms with Gasteiger partial charge in [0, 0.05) is 12.5 Å². The van der Waals surface area contributed by atoms with Gasteiger partial charge in [0.25, 0.3) is 0 Å². The second-order valence-corrected chi connectivity index (χ2v) is 8.03. The highest BCUT2D eigenvalue weighted by Gasteiger charge is 2.43. The van der Waals surface area contributed by atoms with Crippen molar-refractivity contribution < 1.29 is 8.42 Å². The Bertz CT molecular complexity index is 854. The van der Waals surface area contributed by atoms with Gasteiger partial charge >= 0.3 is 0 Å². The number of aryl methyl sites for hydroxylation is 1. The molecule has 124 valence electrons. The molecule has 0 aromatic heterocycles. The maximum atomic E-state index is 13.2. The van der Waals surface area contributed by atoms with E-state index < -0.39 is 10.0 Å². The molecule has 24 heavy (non-hydrogen) atoms. The maximum Gasteiger partial charge on any atom is 0.243 e. The van der Waals surface area contributed by atoms with Crippen molar-refractivity contribution >= 4 is 10.0 Å². The van der Waals surface area contributed by atoms with Gasteiger partial charge in [-0.1, -0.05) is 66.3 Å². The lowest BCUT2D eigenvalue weighted by Gasteiger charge is -2.26. The van der Waals surface area contributed by atoms with E-state index in [2.05, 4.69) is 13.2 Å². The molecular weight excluding hydrogens is 318 g/mol. The predicted molar refractivity (Wildman–Crippen MR) is 97.1 cm³/mol. The molecule has 2 aromatic rings. The summed E-state index contributed by atoms with van der Waals surface area (Å²) in [6.45, 7) is 10.2. The molecule has 1 aliphatic heterocycles. The van der Waals surface area contributed by atoms with Crippen molar-refractivity contribution in [1.82, 2.24) is 4.31 Å². The summed E-state index contributed by atoms with van der Waals surface area (Å²) in [6, 6.07) is 16.3. The van der Waals surface area contributed by atoms with Gasteiger partial charge in [0.1, 0.15) is 0 Å². The average Bonchev–Trinajstić information content (AvgIpc) is 2.93. The molecule has 1 saturated heterocycles. The van der Waals surface area contributed by atoms with Crippen molar-refractivity contribution in [3.8, 4) is 0 Å². The number of rotatable bonds is 4. The quantitative estimate of drug-likeness (QED) is 0.787. The molecule has 0 N–H and O–H groups in total. The van der Waals surface area contributed by atoms with E-state index in [-0.39, 0.29) is 12.0 Å². The highest BCUT2D eigenvalue weighted by Crippen LogP contribution is 2.43. The summed E-state index contributed by atoms with van der Waals surface area (Å²) in [4.78, 5) is 0.312. The van der Waals surface area contributed by atoms with Crippen molar-refractivity contribution in [3.63, 3.8) is 0 Å². The third-order valence-corrected chi connectivity index (χ3v) is 6.34. The van der Waals surface area contributed by atoms with Crippen LogP contribution in [0.1, 0.15) is 17.2 Å². The first kappa shape index (κ1) is 16.7. The third kappa shape index (κ3) is 2.83. The minimum atomic E-state index is -3.60. The molecule has 0 amide bonds. The molecule has 3 nitrogen and oxygen atoms in total. The first-order chi connectivity index (χ1) is 11.4. The zero-order valence-corrected chi connectivity index (χ0v) is 14.5. The lowest BCUT2D eigenvalue weighted by molar-refractivity contribution is 0.372. The van der Waals surface area contributed by atoms with Crippen LogP contribution in [0.5, 0.6) is 0 Å². The summed E-state index contributed by atoms with van der Waals surface area (Å²) in [5.41, 5.74) is 2.86. The summed E-state index contributed by atoms with van der Waals surface area (Å²) >= 11 is 0. The van der Waals surface area contributed by atoms with Crippen molar-refractivity contribution in [2.24, 2.45) is 5.92 Å². The molecule has 4 heteroatoms. The van der Waals surface area contributed by atoms with E-state index in [1.54, 1.807) is 22.5 Å². The van der Waals surface area contributed by atoms with Gasteiger partial charge in [-0.15, -0.1) is 6.58 Å². The Hall–Kier alpha value is -2.17. The molecule has 1 heterocycles. The Labute approximate surface area is 144 Å². The number of hydrogen-bond donors (Lipinski definition) is 0. The van der Waals surface area contributed by atoms with Crippen LogP contribution in [0.25, 0.3) is 0 Å². The number of benzene rings is 2. The van der Waals surface area contributed by atoms with Crippen LogP contribution in [0.4, 0.5) is 0 Å². The van der Waals surface area contributed by atoms with Gasteiger partial charge in [0.2, 0.25) is 10.0 Å². The highest BCUT2D eigenvalue weighted by atomic mass is 32.2. The molecule has 0 bridgehead atoms. The van der Waals surface area contributed by atoms with E-state index in [9.17, 15) is 8.42 Å². The molecule has 1 fully saturated rings. The second-order valence-electron chi connectivity index (χ2n) is 6.14. The van der Waals surface area contributed by atoms with Crippen LogP contribution in [-0.2, 0) is 10.0 Å². The van der Waals surface area contributed by atoms with E-state index in [4.69, 9.17) is 0 Å². The maximum absolute atomic E-state index is 13.2. The van der Waals surface area contributed by atoms with Crippen LogP contribution < -0.4 is 0 Å². The second kappa shape index (κ2) is 6.38. The number of sulfonamides is 1. The van der Waals surface area contributed by atoms with Crippen LogP contribution in [0, 0.1) is 12.8 Å². The Morgan fingerprint density at radius 3 is 2.29 bits per heavy atom. The summed E-state index contributed by atoms with van der Waals surface area (Å²) in [6.07, 6.45) is 1.80.